The first-order chi connectivity index (χ1) is 32.7. The lowest BCUT2D eigenvalue weighted by molar-refractivity contribution is -0.167. The number of carbonyl (C=O) groups excluding carboxylic acids is 5. The van der Waals surface area contributed by atoms with E-state index in [9.17, 15) is 39.0 Å². The molecule has 0 amide bonds. The number of rotatable bonds is 28. The van der Waals surface area contributed by atoms with Gasteiger partial charge >= 0.3 is 44.4 Å². The lowest BCUT2D eigenvalue weighted by Gasteiger charge is -2.41. The topological polar surface area (TPSA) is 198 Å². The van der Waals surface area contributed by atoms with Crippen LogP contribution in [0.4, 0.5) is 0 Å². The molecule has 0 aromatic rings. The lowest BCUT2D eigenvalue weighted by Crippen LogP contribution is -2.47. The number of aliphatic hydroxyl groups excluding tert-OH is 1. The van der Waals surface area contributed by atoms with Crippen LogP contribution in [0.25, 0.3) is 0 Å². The Morgan fingerprint density at radius 2 is 1.22 bits per heavy atom. The van der Waals surface area contributed by atoms with E-state index in [0.29, 0.717) is 64.4 Å². The SMILES string of the molecule is C.C.C.C.C.C.C.C.C.CCC1C(=O)OC(=O)C1CCC1C(CCC2C3CC(C(=O)OC(C)(C)C)C(C3)C2CCC(C)(CC)C(=O)OCCC[Si](C)(O[SiH2]C)O[Si](C)(C)C)C2CC1C(C(=O)OCC(CC)(CC)CO)C2C(=O)O.[HH].[HH].[HH]. The molecule has 14 nitrogen and oxygen atoms in total. The van der Waals surface area contributed by atoms with Gasteiger partial charge in [0.2, 0.25) is 0 Å². The highest BCUT2D eigenvalue weighted by atomic mass is 28.5. The molecule has 5 aliphatic rings. The van der Waals surface area contributed by atoms with Crippen LogP contribution in [0.2, 0.25) is 38.8 Å². The maximum Gasteiger partial charge on any atom is 0.317 e. The van der Waals surface area contributed by atoms with Crippen molar-refractivity contribution in [2.24, 2.45) is 87.8 Å². The second-order valence-electron chi connectivity index (χ2n) is 24.6. The molecule has 0 radical (unpaired) electrons. The predicted molar refractivity (Wildman–Crippen MR) is 340 cm³/mol. The molecule has 0 aromatic carbocycles. The number of esters is 5. The van der Waals surface area contributed by atoms with Gasteiger partial charge in [-0.25, -0.2) is 0 Å². The first-order valence-electron chi connectivity index (χ1n) is 27.2. The number of carbonyl (C=O) groups is 6. The molecule has 15 unspecified atom stereocenters. The second-order valence-corrected chi connectivity index (χ2v) is 34.1. The fourth-order valence-corrected chi connectivity index (χ4v) is 24.4. The van der Waals surface area contributed by atoms with Crippen molar-refractivity contribution in [2.75, 3.05) is 19.8 Å². The van der Waals surface area contributed by atoms with Crippen molar-refractivity contribution in [1.82, 2.24) is 0 Å². The Morgan fingerprint density at radius 3 is 1.71 bits per heavy atom. The van der Waals surface area contributed by atoms with E-state index >= 15 is 0 Å². The summed E-state index contributed by atoms with van der Waals surface area (Å²) in [7, 11) is -4.86. The van der Waals surface area contributed by atoms with Crippen LogP contribution in [-0.4, -0.2) is 98.1 Å². The molecule has 5 rings (SSSR count). The molecule has 1 heterocycles. The van der Waals surface area contributed by atoms with Crippen LogP contribution in [0.3, 0.4) is 0 Å². The van der Waals surface area contributed by atoms with Crippen molar-refractivity contribution in [3.05, 3.63) is 0 Å². The maximum atomic E-state index is 14.2. The molecule has 4 aliphatic carbocycles. The number of aliphatic carboxylic acids is 1. The zero-order valence-corrected chi connectivity index (χ0v) is 48.6. The normalized spacial score (nSPS) is 28.9. The van der Waals surface area contributed by atoms with Crippen molar-refractivity contribution >= 4 is 62.5 Å². The third-order valence-electron chi connectivity index (χ3n) is 18.1. The summed E-state index contributed by atoms with van der Waals surface area (Å²) < 4.78 is 36.0. The van der Waals surface area contributed by atoms with Gasteiger partial charge < -0.3 is 37.4 Å². The number of carboxylic acids is 1. The van der Waals surface area contributed by atoms with Gasteiger partial charge in [-0.3, -0.25) is 28.8 Å². The molecule has 1 saturated heterocycles. The number of ether oxygens (including phenoxy) is 4. The van der Waals surface area contributed by atoms with E-state index in [1.807, 2.05) is 55.4 Å². The molecule has 15 atom stereocenters. The van der Waals surface area contributed by atoms with E-state index in [4.69, 9.17) is 27.2 Å². The molecule has 2 N–H and O–H groups in total. The summed E-state index contributed by atoms with van der Waals surface area (Å²) >= 11 is 0. The monoisotopic (exact) mass is 1190 g/mol. The van der Waals surface area contributed by atoms with Crippen LogP contribution in [0.5, 0.6) is 0 Å². The van der Waals surface area contributed by atoms with Crippen molar-refractivity contribution < 1.29 is 70.4 Å². The molecule has 1 aliphatic heterocycles. The number of fused-ring (bicyclic) bond motifs is 4. The van der Waals surface area contributed by atoms with E-state index in [1.165, 1.54) is 0 Å². The van der Waals surface area contributed by atoms with Crippen LogP contribution in [0, 0.1) is 87.8 Å². The van der Waals surface area contributed by atoms with Gasteiger partial charge in [0.1, 0.15) is 15.4 Å². The number of hydrogen-bond acceptors (Lipinski definition) is 13. The van der Waals surface area contributed by atoms with Gasteiger partial charge in [0.25, 0.3) is 0 Å². The Labute approximate surface area is 495 Å². The number of aliphatic hydroxyl groups is 1. The van der Waals surface area contributed by atoms with Gasteiger partial charge in [-0.1, -0.05) is 101 Å². The predicted octanol–water partition coefficient (Wildman–Crippen LogP) is 15.7. The van der Waals surface area contributed by atoms with Crippen molar-refractivity contribution in [3.63, 3.8) is 0 Å². The van der Waals surface area contributed by atoms with Gasteiger partial charge in [-0.15, -0.1) is 0 Å². The van der Waals surface area contributed by atoms with E-state index in [-0.39, 0.29) is 150 Å². The molecule has 4 saturated carbocycles. The Balaban J connectivity index is -0.000000761. The van der Waals surface area contributed by atoms with Crippen LogP contribution in [0.15, 0.2) is 0 Å². The van der Waals surface area contributed by atoms with Crippen LogP contribution in [0.1, 0.15) is 216 Å². The molecule has 5 fully saturated rings. The summed E-state index contributed by atoms with van der Waals surface area (Å²) in [5.74, 6) is -6.02. The standard InChI is InChI=1S/C53H92O14Si3.9CH4.3H2/c1-14-33-38(47(58)64-46(33)57)22-21-36-35(40-29-41(36)44(43(40)45(55)56)49(60)63-31-53(16-3,17-4)30-54)20-19-34-32-27-39(42(28-32)48(59)65-51(5,6)7)37(34)23-24-52(8,15-2)50(61)62-25-18-26-70(13,66-68-9)67-69(10,11)12;;;;;;;;;;;;/h32-44,54H,14-31,68H2,1-13H3,(H,55,56);9*1H4;3*1H. The highest BCUT2D eigenvalue weighted by molar-refractivity contribution is 6.83. The molecule has 17 heteroatoms. The van der Waals surface area contributed by atoms with Crippen LogP contribution in [-0.2, 0) is 55.9 Å². The summed E-state index contributed by atoms with van der Waals surface area (Å²) in [6.45, 7) is 26.4. The fraction of sp³-hybridized carbons (Fsp3) is 0.903. The summed E-state index contributed by atoms with van der Waals surface area (Å²) in [4.78, 5) is 81.0. The molecule has 4 bridgehead atoms. The van der Waals surface area contributed by atoms with Gasteiger partial charge in [0.15, 0.2) is 8.32 Å². The van der Waals surface area contributed by atoms with Crippen LogP contribution >= 0.6 is 0 Å². The second kappa shape index (κ2) is 35.0. The molecular weight excluding hydrogens is 1050 g/mol. The van der Waals surface area contributed by atoms with Gasteiger partial charge in [0, 0.05) is 9.69 Å². The smallest absolute Gasteiger partial charge is 0.317 e. The average Bonchev–Trinajstić information content (AvgIpc) is 4.10. The van der Waals surface area contributed by atoms with E-state index in [2.05, 4.69) is 32.7 Å². The van der Waals surface area contributed by atoms with Crippen molar-refractivity contribution in [2.45, 2.75) is 257 Å². The minimum Gasteiger partial charge on any atom is -0.481 e. The molecule has 478 valence electrons. The average molecular weight is 1190 g/mol. The molecular formula is C62H134O14Si3. The summed E-state index contributed by atoms with van der Waals surface area (Å²) in [6, 6.07) is 0.768. The molecule has 0 spiro atoms. The Hall–Kier alpha value is -2.45. The number of cyclic esters (lactones) is 2. The quantitative estimate of drug-likeness (QED) is 0.0247. The van der Waals surface area contributed by atoms with Gasteiger partial charge in [-0.2, -0.15) is 0 Å². The zero-order chi connectivity index (χ0) is 52.1. The molecule has 0 aromatic heterocycles. The Bertz CT molecular complexity index is 1860. The van der Waals surface area contributed by atoms with Crippen molar-refractivity contribution in [3.8, 4) is 0 Å². The minimum atomic E-state index is -2.36. The Kier molecular flexibility index (Phi) is 37.8. The lowest BCUT2D eigenvalue weighted by atomic mass is 9.63. The maximum absolute atomic E-state index is 14.2. The highest BCUT2D eigenvalue weighted by Crippen LogP contribution is 2.64. The minimum absolute atomic E-state index is 0. The fourth-order valence-electron chi connectivity index (χ4n) is 14.2. The third-order valence-corrected chi connectivity index (χ3v) is 27.2. The zero-order valence-electron chi connectivity index (χ0n) is 45.2. The molecule has 79 heavy (non-hydrogen) atoms. The first-order valence-corrected chi connectivity index (χ1v) is 35.2. The largest absolute Gasteiger partial charge is 0.481 e. The Morgan fingerprint density at radius 1 is 0.684 bits per heavy atom. The summed E-state index contributed by atoms with van der Waals surface area (Å²) in [5.41, 5.74) is -1.96. The number of hydrogen-bond donors (Lipinski definition) is 2. The highest BCUT2D eigenvalue weighted by Gasteiger charge is 2.64. The summed E-state index contributed by atoms with van der Waals surface area (Å²) in [5, 5.41) is 21.1. The summed E-state index contributed by atoms with van der Waals surface area (Å²) in [6.07, 6.45) is 8.98. The van der Waals surface area contributed by atoms with E-state index in [0.717, 1.165) is 38.1 Å². The third kappa shape index (κ3) is 20.1. The first kappa shape index (κ1) is 85.3. The van der Waals surface area contributed by atoms with Gasteiger partial charge in [0.05, 0.1) is 54.8 Å². The van der Waals surface area contributed by atoms with Crippen LogP contribution < -0.4 is 0 Å². The van der Waals surface area contributed by atoms with E-state index < -0.39 is 90.6 Å². The van der Waals surface area contributed by atoms with E-state index in [1.54, 1.807) is 0 Å². The number of carboxylic acid groups (broad SMARTS) is 1. The van der Waals surface area contributed by atoms with Gasteiger partial charge in [-0.05, 0) is 197 Å². The van der Waals surface area contributed by atoms with Crippen molar-refractivity contribution in [1.29, 1.82) is 0 Å².